The highest BCUT2D eigenvalue weighted by Crippen LogP contribution is 2.31. The van der Waals surface area contributed by atoms with Gasteiger partial charge in [-0.3, -0.25) is 20.2 Å². The lowest BCUT2D eigenvalue weighted by Gasteiger charge is -2.20. The average molecular weight is 410 g/mol. The van der Waals surface area contributed by atoms with Crippen LogP contribution in [0.1, 0.15) is 20.9 Å². The van der Waals surface area contributed by atoms with E-state index in [4.69, 9.17) is 4.74 Å². The van der Waals surface area contributed by atoms with Crippen LogP contribution in [0.2, 0.25) is 0 Å². The van der Waals surface area contributed by atoms with Crippen LogP contribution in [-0.4, -0.2) is 34.3 Å². The summed E-state index contributed by atoms with van der Waals surface area (Å²) in [6.07, 6.45) is 0.831. The summed E-state index contributed by atoms with van der Waals surface area (Å²) in [4.78, 5) is 31.4. The van der Waals surface area contributed by atoms with Crippen molar-refractivity contribution >= 4 is 28.1 Å². The molecule has 8 nitrogen and oxygen atoms in total. The number of nitro benzene ring substituents is 1. The van der Waals surface area contributed by atoms with Crippen molar-refractivity contribution in [3.05, 3.63) is 74.8 Å². The van der Waals surface area contributed by atoms with Crippen molar-refractivity contribution in [1.29, 1.82) is 0 Å². The molecule has 2 heterocycles. The Kier molecular flexibility index (Phi) is 5.24. The van der Waals surface area contributed by atoms with E-state index in [0.717, 1.165) is 30.1 Å². The predicted molar refractivity (Wildman–Crippen MR) is 110 cm³/mol. The number of ether oxygens (including phenoxy) is 1. The Morgan fingerprint density at radius 3 is 2.83 bits per heavy atom. The second-order valence-corrected chi connectivity index (χ2v) is 7.77. The van der Waals surface area contributed by atoms with Crippen LogP contribution in [0.25, 0.3) is 0 Å². The number of aromatic nitrogens is 1. The highest BCUT2D eigenvalue weighted by atomic mass is 32.1. The number of hydrogen-bond acceptors (Lipinski definition) is 7. The van der Waals surface area contributed by atoms with Crippen LogP contribution in [-0.2, 0) is 13.0 Å². The Morgan fingerprint density at radius 1 is 1.28 bits per heavy atom. The summed E-state index contributed by atoms with van der Waals surface area (Å²) in [6, 6.07) is 12.9. The molecule has 1 aliphatic rings. The summed E-state index contributed by atoms with van der Waals surface area (Å²) >= 11 is 1.42. The minimum absolute atomic E-state index is 0.0772. The first-order valence-corrected chi connectivity index (χ1v) is 9.81. The number of fused-ring (bicyclic) bond motifs is 1. The molecule has 0 unspecified atom stereocenters. The molecule has 3 aromatic rings. The van der Waals surface area contributed by atoms with Gasteiger partial charge in [0.15, 0.2) is 5.13 Å². The molecule has 4 rings (SSSR count). The molecular weight excluding hydrogens is 392 g/mol. The Labute approximate surface area is 170 Å². The Hall–Kier alpha value is -3.30. The molecule has 0 saturated heterocycles. The summed E-state index contributed by atoms with van der Waals surface area (Å²) in [5, 5.41) is 14.4. The zero-order valence-electron chi connectivity index (χ0n) is 15.6. The first kappa shape index (κ1) is 19.0. The Balaban J connectivity index is 1.62. The number of carbonyl (C=O) groups is 1. The third-order valence-corrected chi connectivity index (χ3v) is 5.53. The summed E-state index contributed by atoms with van der Waals surface area (Å²) in [7, 11) is 2.04. The number of hydrogen-bond donors (Lipinski definition) is 1. The zero-order valence-corrected chi connectivity index (χ0v) is 16.4. The number of para-hydroxylation sites is 1. The molecule has 1 aliphatic heterocycles. The Bertz CT molecular complexity index is 1070. The lowest BCUT2D eigenvalue weighted by Crippen LogP contribution is -2.25. The van der Waals surface area contributed by atoms with Crippen LogP contribution in [0.15, 0.2) is 48.5 Å². The quantitative estimate of drug-likeness (QED) is 0.503. The largest absolute Gasteiger partial charge is 0.457 e. The van der Waals surface area contributed by atoms with E-state index in [0.29, 0.717) is 10.9 Å². The van der Waals surface area contributed by atoms with Gasteiger partial charge in [0.05, 0.1) is 16.2 Å². The van der Waals surface area contributed by atoms with Crippen molar-refractivity contribution in [2.24, 2.45) is 0 Å². The van der Waals surface area contributed by atoms with Crippen LogP contribution in [0, 0.1) is 10.1 Å². The summed E-state index contributed by atoms with van der Waals surface area (Å²) in [6.45, 7) is 1.71. The Morgan fingerprint density at radius 2 is 2.07 bits per heavy atom. The van der Waals surface area contributed by atoms with Gasteiger partial charge < -0.3 is 9.64 Å². The molecule has 2 aromatic carbocycles. The number of thiazole rings is 1. The number of likely N-dealkylation sites (N-methyl/N-ethyl adjacent to an activating group) is 1. The number of carbonyl (C=O) groups excluding carboxylic acids is 1. The standard InChI is InChI=1S/C20H18N4O4S/c1-23-10-9-16-18(12-23)29-20(21-16)22-19(25)15-11-13(24(26)27)7-8-17(15)28-14-5-3-2-4-6-14/h2-8,11H,9-10,12H2,1H3,(H,21,22,25). The third kappa shape index (κ3) is 4.25. The monoisotopic (exact) mass is 410 g/mol. The van der Waals surface area contributed by atoms with Crippen molar-refractivity contribution in [3.8, 4) is 11.5 Å². The minimum atomic E-state index is -0.541. The van der Waals surface area contributed by atoms with Crippen LogP contribution >= 0.6 is 11.3 Å². The van der Waals surface area contributed by atoms with E-state index in [2.05, 4.69) is 15.2 Å². The maximum Gasteiger partial charge on any atom is 0.270 e. The predicted octanol–water partition coefficient (Wildman–Crippen LogP) is 4.08. The van der Waals surface area contributed by atoms with Crippen molar-refractivity contribution in [3.63, 3.8) is 0 Å². The number of benzene rings is 2. The maximum absolute atomic E-state index is 12.9. The molecule has 148 valence electrons. The molecule has 1 amide bonds. The van der Waals surface area contributed by atoms with E-state index >= 15 is 0 Å². The van der Waals surface area contributed by atoms with Gasteiger partial charge >= 0.3 is 0 Å². The van der Waals surface area contributed by atoms with E-state index in [1.807, 2.05) is 13.1 Å². The minimum Gasteiger partial charge on any atom is -0.457 e. The summed E-state index contributed by atoms with van der Waals surface area (Å²) < 4.78 is 5.79. The van der Waals surface area contributed by atoms with Crippen LogP contribution < -0.4 is 10.1 Å². The average Bonchev–Trinajstić information content (AvgIpc) is 3.10. The molecule has 0 atom stereocenters. The molecule has 29 heavy (non-hydrogen) atoms. The molecule has 0 spiro atoms. The number of nitrogens with one attached hydrogen (secondary N) is 1. The van der Waals surface area contributed by atoms with Gasteiger partial charge in [-0.25, -0.2) is 4.98 Å². The molecular formula is C20H18N4O4S. The normalized spacial score (nSPS) is 13.6. The molecule has 1 aromatic heterocycles. The van der Waals surface area contributed by atoms with Gasteiger partial charge in [-0.15, -0.1) is 11.3 Å². The van der Waals surface area contributed by atoms with E-state index < -0.39 is 10.8 Å². The number of amides is 1. The van der Waals surface area contributed by atoms with Gasteiger partial charge in [0, 0.05) is 36.5 Å². The van der Waals surface area contributed by atoms with E-state index in [1.54, 1.807) is 24.3 Å². The number of rotatable bonds is 5. The molecule has 0 aliphatic carbocycles. The van der Waals surface area contributed by atoms with E-state index in [9.17, 15) is 14.9 Å². The van der Waals surface area contributed by atoms with Gasteiger partial charge in [-0.05, 0) is 25.2 Å². The molecule has 0 radical (unpaired) electrons. The van der Waals surface area contributed by atoms with Gasteiger partial charge in [0.1, 0.15) is 11.5 Å². The highest BCUT2D eigenvalue weighted by molar-refractivity contribution is 7.15. The summed E-state index contributed by atoms with van der Waals surface area (Å²) in [5.41, 5.74) is 0.882. The van der Waals surface area contributed by atoms with Crippen molar-refractivity contribution in [1.82, 2.24) is 9.88 Å². The number of nitro groups is 1. The third-order valence-electron chi connectivity index (χ3n) is 4.53. The molecule has 0 bridgehead atoms. The molecule has 1 N–H and O–H groups in total. The van der Waals surface area contributed by atoms with Crippen LogP contribution in [0.5, 0.6) is 11.5 Å². The lowest BCUT2D eigenvalue weighted by molar-refractivity contribution is -0.384. The van der Waals surface area contributed by atoms with Crippen LogP contribution in [0.3, 0.4) is 0 Å². The van der Waals surface area contributed by atoms with Crippen molar-refractivity contribution in [2.75, 3.05) is 18.9 Å². The van der Waals surface area contributed by atoms with E-state index in [-0.39, 0.29) is 17.0 Å². The van der Waals surface area contributed by atoms with Gasteiger partial charge in [-0.1, -0.05) is 18.2 Å². The van der Waals surface area contributed by atoms with Gasteiger partial charge in [-0.2, -0.15) is 0 Å². The fourth-order valence-electron chi connectivity index (χ4n) is 3.05. The number of nitrogens with zero attached hydrogens (tertiary/aromatic N) is 3. The highest BCUT2D eigenvalue weighted by Gasteiger charge is 2.22. The topological polar surface area (TPSA) is 97.6 Å². The molecule has 0 fully saturated rings. The first-order chi connectivity index (χ1) is 14.0. The second-order valence-electron chi connectivity index (χ2n) is 6.68. The van der Waals surface area contributed by atoms with Crippen LogP contribution in [0.4, 0.5) is 10.8 Å². The summed E-state index contributed by atoms with van der Waals surface area (Å²) in [5.74, 6) is 0.266. The fraction of sp³-hybridized carbons (Fsp3) is 0.200. The van der Waals surface area contributed by atoms with Gasteiger partial charge in [0.2, 0.25) is 0 Å². The first-order valence-electron chi connectivity index (χ1n) is 8.99. The SMILES string of the molecule is CN1CCc2nc(NC(=O)c3cc([N+](=O)[O-])ccc3Oc3ccccc3)sc2C1. The zero-order chi connectivity index (χ0) is 20.4. The maximum atomic E-state index is 12.9. The molecule has 9 heteroatoms. The van der Waals surface area contributed by atoms with Crippen molar-refractivity contribution < 1.29 is 14.5 Å². The lowest BCUT2D eigenvalue weighted by atomic mass is 10.1. The fourth-order valence-corrected chi connectivity index (χ4v) is 4.14. The van der Waals surface area contributed by atoms with Crippen molar-refractivity contribution in [2.45, 2.75) is 13.0 Å². The smallest absolute Gasteiger partial charge is 0.270 e. The molecule has 0 saturated carbocycles. The second kappa shape index (κ2) is 7.98. The number of non-ortho nitro benzene ring substituents is 1. The van der Waals surface area contributed by atoms with Gasteiger partial charge in [0.25, 0.3) is 11.6 Å². The van der Waals surface area contributed by atoms with E-state index in [1.165, 1.54) is 29.5 Å². The number of anilines is 1.